The molecule has 0 spiro atoms. The average Bonchev–Trinajstić information content (AvgIpc) is 1.64. The molecule has 0 bridgehead atoms. The highest BCUT2D eigenvalue weighted by molar-refractivity contribution is 14.1. The van der Waals surface area contributed by atoms with Crippen molar-refractivity contribution in [3.8, 4) is 0 Å². The quantitative estimate of drug-likeness (QED) is 0.335. The van der Waals surface area contributed by atoms with E-state index in [4.69, 9.17) is 5.73 Å². The molecular formula is C3H5IN4. The lowest BCUT2D eigenvalue weighted by molar-refractivity contribution is 0.888. The summed E-state index contributed by atoms with van der Waals surface area (Å²) in [5, 5.41) is 2.84. The fourth-order valence-electron chi connectivity index (χ4n) is 0.352. The van der Waals surface area contributed by atoms with Gasteiger partial charge in [-0.3, -0.25) is 0 Å². The first-order valence-corrected chi connectivity index (χ1v) is 3.29. The van der Waals surface area contributed by atoms with E-state index in [0.29, 0.717) is 5.96 Å². The SMILES string of the molecule is NC1=N[C@@H](I)NC=N1. The van der Waals surface area contributed by atoms with Gasteiger partial charge in [-0.05, 0) is 22.6 Å². The highest BCUT2D eigenvalue weighted by atomic mass is 127. The van der Waals surface area contributed by atoms with Crippen molar-refractivity contribution in [3.05, 3.63) is 0 Å². The first kappa shape index (κ1) is 5.80. The summed E-state index contributed by atoms with van der Waals surface area (Å²) in [5.41, 5.74) is 5.23. The normalized spacial score (nSPS) is 26.6. The van der Waals surface area contributed by atoms with E-state index in [1.807, 2.05) is 0 Å². The molecule has 1 rings (SSSR count). The number of nitrogens with one attached hydrogen (secondary N) is 1. The van der Waals surface area contributed by atoms with Gasteiger partial charge >= 0.3 is 0 Å². The molecule has 3 N–H and O–H groups in total. The summed E-state index contributed by atoms with van der Waals surface area (Å²) in [6.45, 7) is 0. The molecule has 4 nitrogen and oxygen atoms in total. The standard InChI is InChI=1S/C3H5IN4/c4-2-6-1-7-3(5)8-2/h1-2H,(H3,5,6,7,8)/t2-/m0/s1. The topological polar surface area (TPSA) is 62.8 Å². The van der Waals surface area contributed by atoms with Crippen molar-refractivity contribution >= 4 is 34.9 Å². The van der Waals surface area contributed by atoms with Gasteiger partial charge in [-0.25, -0.2) is 9.98 Å². The van der Waals surface area contributed by atoms with Gasteiger partial charge < -0.3 is 11.1 Å². The second kappa shape index (κ2) is 2.29. The third kappa shape index (κ3) is 1.32. The first-order valence-electron chi connectivity index (χ1n) is 2.05. The number of aliphatic imine (C=N–C) groups is 2. The van der Waals surface area contributed by atoms with E-state index in [1.165, 1.54) is 0 Å². The highest BCUT2D eigenvalue weighted by Crippen LogP contribution is 1.98. The summed E-state index contributed by atoms with van der Waals surface area (Å²) in [7, 11) is 0. The zero-order valence-electron chi connectivity index (χ0n) is 4.00. The van der Waals surface area contributed by atoms with E-state index in [9.17, 15) is 0 Å². The Bertz CT molecular complexity index is 140. The van der Waals surface area contributed by atoms with Crippen LogP contribution in [0, 0.1) is 0 Å². The summed E-state index contributed by atoms with van der Waals surface area (Å²) >= 11 is 2.10. The number of guanidine groups is 1. The van der Waals surface area contributed by atoms with Crippen molar-refractivity contribution in [1.29, 1.82) is 0 Å². The minimum Gasteiger partial charge on any atom is -0.368 e. The van der Waals surface area contributed by atoms with Gasteiger partial charge in [-0.2, -0.15) is 0 Å². The Kier molecular flexibility index (Phi) is 1.66. The van der Waals surface area contributed by atoms with Crippen LogP contribution in [0.1, 0.15) is 0 Å². The minimum atomic E-state index is 0.0464. The van der Waals surface area contributed by atoms with Crippen LogP contribution in [0.25, 0.3) is 0 Å². The molecule has 0 aromatic heterocycles. The van der Waals surface area contributed by atoms with Crippen molar-refractivity contribution in [2.24, 2.45) is 15.7 Å². The van der Waals surface area contributed by atoms with Crippen molar-refractivity contribution in [1.82, 2.24) is 5.32 Å². The Balaban J connectivity index is 2.63. The maximum atomic E-state index is 5.23. The van der Waals surface area contributed by atoms with Gasteiger partial charge in [0.1, 0.15) is 0 Å². The molecule has 1 atom stereocenters. The summed E-state index contributed by atoms with van der Waals surface area (Å²) in [5.74, 6) is 0.336. The fraction of sp³-hybridized carbons (Fsp3) is 0.333. The molecule has 0 fully saturated rings. The lowest BCUT2D eigenvalue weighted by Gasteiger charge is -2.07. The molecule has 0 aliphatic carbocycles. The van der Waals surface area contributed by atoms with Crippen molar-refractivity contribution in [2.45, 2.75) is 4.17 Å². The Labute approximate surface area is 60.4 Å². The molecule has 1 aliphatic heterocycles. The molecule has 44 valence electrons. The summed E-state index contributed by atoms with van der Waals surface area (Å²) < 4.78 is 0.0464. The van der Waals surface area contributed by atoms with Crippen LogP contribution in [0.4, 0.5) is 0 Å². The zero-order valence-corrected chi connectivity index (χ0v) is 6.16. The lowest BCUT2D eigenvalue weighted by atomic mass is 10.9. The maximum absolute atomic E-state index is 5.23. The molecule has 5 heteroatoms. The monoisotopic (exact) mass is 224 g/mol. The maximum Gasteiger partial charge on any atom is 0.219 e. The van der Waals surface area contributed by atoms with Gasteiger partial charge in [0.05, 0.1) is 6.34 Å². The number of hydrogen-bond donors (Lipinski definition) is 2. The molecule has 0 amide bonds. The second-order valence-corrected chi connectivity index (χ2v) is 2.43. The second-order valence-electron chi connectivity index (χ2n) is 1.25. The summed E-state index contributed by atoms with van der Waals surface area (Å²) in [4.78, 5) is 7.52. The Morgan fingerprint density at radius 1 is 1.88 bits per heavy atom. The third-order valence-corrected chi connectivity index (χ3v) is 1.29. The lowest BCUT2D eigenvalue weighted by Crippen LogP contribution is -2.28. The van der Waals surface area contributed by atoms with Crippen LogP contribution in [0.5, 0.6) is 0 Å². The predicted molar refractivity (Wildman–Crippen MR) is 41.1 cm³/mol. The number of hydrogen-bond acceptors (Lipinski definition) is 4. The van der Waals surface area contributed by atoms with E-state index in [1.54, 1.807) is 6.34 Å². The molecule has 0 saturated carbocycles. The van der Waals surface area contributed by atoms with E-state index in [-0.39, 0.29) is 4.17 Å². The molecule has 0 saturated heterocycles. The zero-order chi connectivity index (χ0) is 5.98. The van der Waals surface area contributed by atoms with Crippen LogP contribution in [0.2, 0.25) is 0 Å². The molecule has 0 aromatic rings. The van der Waals surface area contributed by atoms with Crippen LogP contribution >= 0.6 is 22.6 Å². The van der Waals surface area contributed by atoms with Crippen LogP contribution in [-0.4, -0.2) is 16.5 Å². The van der Waals surface area contributed by atoms with E-state index < -0.39 is 0 Å². The Hall–Kier alpha value is -0.330. The number of nitrogens with two attached hydrogens (primary N) is 1. The molecule has 1 heterocycles. The smallest absolute Gasteiger partial charge is 0.219 e. The fourth-order valence-corrected chi connectivity index (χ4v) is 0.798. The average molecular weight is 224 g/mol. The first-order chi connectivity index (χ1) is 3.79. The van der Waals surface area contributed by atoms with Crippen molar-refractivity contribution < 1.29 is 0 Å². The van der Waals surface area contributed by atoms with Crippen LogP contribution in [-0.2, 0) is 0 Å². The van der Waals surface area contributed by atoms with E-state index in [0.717, 1.165) is 0 Å². The number of nitrogens with zero attached hydrogens (tertiary/aromatic N) is 2. The number of halogens is 1. The Morgan fingerprint density at radius 2 is 2.62 bits per heavy atom. The van der Waals surface area contributed by atoms with Gasteiger partial charge in [0.15, 0.2) is 4.17 Å². The van der Waals surface area contributed by atoms with Gasteiger partial charge in [-0.1, -0.05) is 0 Å². The van der Waals surface area contributed by atoms with Gasteiger partial charge in [-0.15, -0.1) is 0 Å². The van der Waals surface area contributed by atoms with Crippen molar-refractivity contribution in [2.75, 3.05) is 0 Å². The largest absolute Gasteiger partial charge is 0.368 e. The molecule has 1 aliphatic rings. The van der Waals surface area contributed by atoms with Crippen LogP contribution < -0.4 is 11.1 Å². The minimum absolute atomic E-state index is 0.0464. The number of alkyl halides is 1. The van der Waals surface area contributed by atoms with E-state index >= 15 is 0 Å². The van der Waals surface area contributed by atoms with Crippen LogP contribution in [0.3, 0.4) is 0 Å². The van der Waals surface area contributed by atoms with Crippen LogP contribution in [0.15, 0.2) is 9.98 Å². The van der Waals surface area contributed by atoms with Crippen molar-refractivity contribution in [3.63, 3.8) is 0 Å². The van der Waals surface area contributed by atoms with Gasteiger partial charge in [0.2, 0.25) is 5.96 Å². The summed E-state index contributed by atoms with van der Waals surface area (Å²) in [6, 6.07) is 0. The third-order valence-electron chi connectivity index (χ3n) is 0.655. The molecular weight excluding hydrogens is 219 g/mol. The highest BCUT2D eigenvalue weighted by Gasteiger charge is 2.00. The number of rotatable bonds is 0. The predicted octanol–water partition coefficient (Wildman–Crippen LogP) is -0.349. The van der Waals surface area contributed by atoms with Gasteiger partial charge in [0.25, 0.3) is 0 Å². The molecule has 8 heavy (non-hydrogen) atoms. The summed E-state index contributed by atoms with van der Waals surface area (Å²) in [6.07, 6.45) is 1.54. The molecule has 0 radical (unpaired) electrons. The van der Waals surface area contributed by atoms with Gasteiger partial charge in [0, 0.05) is 0 Å². The van der Waals surface area contributed by atoms with E-state index in [2.05, 4.69) is 37.9 Å². The molecule has 0 unspecified atom stereocenters. The molecule has 0 aromatic carbocycles. The Morgan fingerprint density at radius 3 is 3.00 bits per heavy atom.